The highest BCUT2D eigenvalue weighted by atomic mass is 16.5. The van der Waals surface area contributed by atoms with E-state index in [1.807, 2.05) is 57.2 Å². The molecule has 1 aromatic heterocycles. The van der Waals surface area contributed by atoms with Crippen molar-refractivity contribution in [3.63, 3.8) is 0 Å². The van der Waals surface area contributed by atoms with Crippen LogP contribution in [-0.2, 0) is 6.61 Å². The standard InChI is InChI=1S/C22H24N2O4/c1-13-9-10-20(26-5)18(11-13)23-22(25)21-17(16(4)28-24-21)12-27-19-8-6-7-14(2)15(19)3/h6-11H,12H2,1-5H3,(H,23,25). The first-order valence-corrected chi connectivity index (χ1v) is 9.01. The van der Waals surface area contributed by atoms with Crippen LogP contribution in [0.5, 0.6) is 11.5 Å². The van der Waals surface area contributed by atoms with Gasteiger partial charge in [-0.1, -0.05) is 23.4 Å². The molecule has 0 radical (unpaired) electrons. The maximum absolute atomic E-state index is 12.8. The number of nitrogens with zero attached hydrogens (tertiary/aromatic N) is 1. The molecule has 0 spiro atoms. The fraction of sp³-hybridized carbons (Fsp3) is 0.273. The summed E-state index contributed by atoms with van der Waals surface area (Å²) in [7, 11) is 1.56. The molecule has 3 rings (SSSR count). The number of amides is 1. The number of nitrogens with one attached hydrogen (secondary N) is 1. The topological polar surface area (TPSA) is 73.6 Å². The second-order valence-electron chi connectivity index (χ2n) is 6.71. The van der Waals surface area contributed by atoms with Crippen LogP contribution in [0.15, 0.2) is 40.9 Å². The number of hydrogen-bond donors (Lipinski definition) is 1. The fourth-order valence-corrected chi connectivity index (χ4v) is 2.87. The molecule has 1 amide bonds. The van der Waals surface area contributed by atoms with Crippen LogP contribution in [0, 0.1) is 27.7 Å². The van der Waals surface area contributed by atoms with Crippen molar-refractivity contribution >= 4 is 11.6 Å². The second-order valence-corrected chi connectivity index (χ2v) is 6.71. The number of rotatable bonds is 6. The Kier molecular flexibility index (Phi) is 5.68. The Balaban J connectivity index is 1.81. The molecule has 6 heteroatoms. The lowest BCUT2D eigenvalue weighted by Crippen LogP contribution is -2.16. The molecule has 0 aliphatic carbocycles. The minimum Gasteiger partial charge on any atom is -0.495 e. The average molecular weight is 380 g/mol. The molecule has 6 nitrogen and oxygen atoms in total. The highest BCUT2D eigenvalue weighted by Crippen LogP contribution is 2.27. The normalized spacial score (nSPS) is 10.6. The Morgan fingerprint density at radius 2 is 1.89 bits per heavy atom. The lowest BCUT2D eigenvalue weighted by Gasteiger charge is -2.12. The van der Waals surface area contributed by atoms with Gasteiger partial charge >= 0.3 is 0 Å². The van der Waals surface area contributed by atoms with Gasteiger partial charge in [-0.05, 0) is 62.6 Å². The van der Waals surface area contributed by atoms with E-state index in [2.05, 4.69) is 10.5 Å². The number of anilines is 1. The third-order valence-electron chi connectivity index (χ3n) is 4.73. The van der Waals surface area contributed by atoms with Gasteiger partial charge < -0.3 is 19.3 Å². The monoisotopic (exact) mass is 380 g/mol. The molecule has 0 aliphatic heterocycles. The highest BCUT2D eigenvalue weighted by Gasteiger charge is 2.22. The minimum atomic E-state index is -0.375. The van der Waals surface area contributed by atoms with Crippen LogP contribution in [-0.4, -0.2) is 18.2 Å². The van der Waals surface area contributed by atoms with E-state index in [0.29, 0.717) is 22.8 Å². The van der Waals surface area contributed by atoms with Crippen molar-refractivity contribution in [2.24, 2.45) is 0 Å². The molecule has 146 valence electrons. The van der Waals surface area contributed by atoms with E-state index in [1.165, 1.54) is 0 Å². The van der Waals surface area contributed by atoms with Crippen molar-refractivity contribution < 1.29 is 18.8 Å². The SMILES string of the molecule is COc1ccc(C)cc1NC(=O)c1noc(C)c1COc1cccc(C)c1C. The van der Waals surface area contributed by atoms with Gasteiger partial charge in [-0.25, -0.2) is 0 Å². The lowest BCUT2D eigenvalue weighted by molar-refractivity contribution is 0.101. The van der Waals surface area contributed by atoms with Gasteiger partial charge in [0.05, 0.1) is 18.4 Å². The van der Waals surface area contributed by atoms with E-state index in [4.69, 9.17) is 14.0 Å². The smallest absolute Gasteiger partial charge is 0.278 e. The molecular formula is C22H24N2O4. The van der Waals surface area contributed by atoms with Gasteiger partial charge in [0.2, 0.25) is 0 Å². The molecule has 28 heavy (non-hydrogen) atoms. The van der Waals surface area contributed by atoms with Crippen LogP contribution in [0.1, 0.15) is 38.5 Å². The van der Waals surface area contributed by atoms with Crippen molar-refractivity contribution in [1.82, 2.24) is 5.16 Å². The van der Waals surface area contributed by atoms with Crippen molar-refractivity contribution in [3.8, 4) is 11.5 Å². The molecule has 3 aromatic rings. The Hall–Kier alpha value is -3.28. The minimum absolute atomic E-state index is 0.188. The summed E-state index contributed by atoms with van der Waals surface area (Å²) in [6, 6.07) is 11.4. The first-order chi connectivity index (χ1) is 13.4. The van der Waals surface area contributed by atoms with Gasteiger partial charge in [0.25, 0.3) is 5.91 Å². The summed E-state index contributed by atoms with van der Waals surface area (Å²) >= 11 is 0. The lowest BCUT2D eigenvalue weighted by atomic mass is 10.1. The molecule has 0 atom stereocenters. The molecule has 0 saturated carbocycles. The quantitative estimate of drug-likeness (QED) is 0.668. The molecule has 0 saturated heterocycles. The van der Waals surface area contributed by atoms with Gasteiger partial charge in [0.15, 0.2) is 5.69 Å². The predicted molar refractivity (Wildman–Crippen MR) is 107 cm³/mol. The molecule has 0 fully saturated rings. The van der Waals surface area contributed by atoms with Gasteiger partial charge in [-0.2, -0.15) is 0 Å². The number of methoxy groups -OCH3 is 1. The number of benzene rings is 2. The summed E-state index contributed by atoms with van der Waals surface area (Å²) in [4.78, 5) is 12.8. The van der Waals surface area contributed by atoms with Crippen LogP contribution < -0.4 is 14.8 Å². The molecule has 1 N–H and O–H groups in total. The number of carbonyl (C=O) groups excluding carboxylic acids is 1. The maximum atomic E-state index is 12.8. The van der Waals surface area contributed by atoms with Crippen molar-refractivity contribution in [3.05, 3.63) is 70.1 Å². The summed E-state index contributed by atoms with van der Waals surface area (Å²) in [5, 5.41) is 6.78. The first kappa shape index (κ1) is 19.5. The Morgan fingerprint density at radius 1 is 1.11 bits per heavy atom. The van der Waals surface area contributed by atoms with Gasteiger partial charge in [-0.15, -0.1) is 0 Å². The number of ether oxygens (including phenoxy) is 2. The largest absolute Gasteiger partial charge is 0.495 e. The van der Waals surface area contributed by atoms with E-state index < -0.39 is 0 Å². The molecule has 1 heterocycles. The van der Waals surface area contributed by atoms with Crippen LogP contribution >= 0.6 is 0 Å². The fourth-order valence-electron chi connectivity index (χ4n) is 2.87. The summed E-state index contributed by atoms with van der Waals surface area (Å²) in [5.74, 6) is 1.52. The summed E-state index contributed by atoms with van der Waals surface area (Å²) in [6.45, 7) is 7.93. The van der Waals surface area contributed by atoms with Crippen LogP contribution in [0.2, 0.25) is 0 Å². The number of carbonyl (C=O) groups is 1. The molecule has 0 aliphatic rings. The average Bonchev–Trinajstić information content (AvgIpc) is 3.04. The van der Waals surface area contributed by atoms with E-state index in [9.17, 15) is 4.79 Å². The first-order valence-electron chi connectivity index (χ1n) is 9.01. The Labute approximate surface area is 164 Å². The third-order valence-corrected chi connectivity index (χ3v) is 4.73. The van der Waals surface area contributed by atoms with E-state index in [-0.39, 0.29) is 18.2 Å². The number of aromatic nitrogens is 1. The second kappa shape index (κ2) is 8.17. The zero-order valence-electron chi connectivity index (χ0n) is 16.8. The van der Waals surface area contributed by atoms with Crippen LogP contribution in [0.4, 0.5) is 5.69 Å². The molecular weight excluding hydrogens is 356 g/mol. The highest BCUT2D eigenvalue weighted by molar-refractivity contribution is 6.04. The van der Waals surface area contributed by atoms with E-state index in [1.54, 1.807) is 14.0 Å². The van der Waals surface area contributed by atoms with Gasteiger partial charge in [0, 0.05) is 0 Å². The maximum Gasteiger partial charge on any atom is 0.278 e. The molecule has 0 bridgehead atoms. The zero-order valence-corrected chi connectivity index (χ0v) is 16.8. The van der Waals surface area contributed by atoms with Crippen LogP contribution in [0.25, 0.3) is 0 Å². The Bertz CT molecular complexity index is 1010. The van der Waals surface area contributed by atoms with E-state index >= 15 is 0 Å². The number of aryl methyl sites for hydroxylation is 3. The van der Waals surface area contributed by atoms with Crippen molar-refractivity contribution in [1.29, 1.82) is 0 Å². The summed E-state index contributed by atoms with van der Waals surface area (Å²) < 4.78 is 16.5. The van der Waals surface area contributed by atoms with Crippen LogP contribution in [0.3, 0.4) is 0 Å². The van der Waals surface area contributed by atoms with Crippen molar-refractivity contribution in [2.75, 3.05) is 12.4 Å². The third kappa shape index (κ3) is 4.01. The molecule has 2 aromatic carbocycles. The van der Waals surface area contributed by atoms with Gasteiger partial charge in [0.1, 0.15) is 23.9 Å². The predicted octanol–water partition coefficient (Wildman–Crippen LogP) is 4.75. The summed E-state index contributed by atoms with van der Waals surface area (Å²) in [6.07, 6.45) is 0. The zero-order chi connectivity index (χ0) is 20.3. The van der Waals surface area contributed by atoms with Gasteiger partial charge in [-0.3, -0.25) is 4.79 Å². The number of hydrogen-bond acceptors (Lipinski definition) is 5. The summed E-state index contributed by atoms with van der Waals surface area (Å²) in [5.41, 5.74) is 4.60. The molecule has 0 unspecified atom stereocenters. The van der Waals surface area contributed by atoms with Crippen molar-refractivity contribution in [2.45, 2.75) is 34.3 Å². The Morgan fingerprint density at radius 3 is 2.64 bits per heavy atom. The van der Waals surface area contributed by atoms with E-state index in [0.717, 1.165) is 22.4 Å².